The smallest absolute Gasteiger partial charge is 0.226 e. The van der Waals surface area contributed by atoms with Crippen molar-refractivity contribution in [2.75, 3.05) is 33.3 Å². The molecule has 4 nitrogen and oxygen atoms in total. The first-order valence-corrected chi connectivity index (χ1v) is 9.43. The number of nitrogens with zero attached hydrogens (tertiary/aromatic N) is 2. The van der Waals surface area contributed by atoms with Crippen LogP contribution >= 0.6 is 0 Å². The topological polar surface area (TPSA) is 32.8 Å². The van der Waals surface area contributed by atoms with Gasteiger partial charge in [0.25, 0.3) is 0 Å². The number of rotatable bonds is 5. The highest BCUT2D eigenvalue weighted by atomic mass is 16.5. The molecular formula is C22H26N2O2. The van der Waals surface area contributed by atoms with Crippen molar-refractivity contribution in [1.82, 2.24) is 9.80 Å². The highest BCUT2D eigenvalue weighted by molar-refractivity contribution is 5.83. The van der Waals surface area contributed by atoms with Crippen molar-refractivity contribution in [1.29, 1.82) is 0 Å². The second-order valence-corrected chi connectivity index (χ2v) is 7.31. The van der Waals surface area contributed by atoms with E-state index in [2.05, 4.69) is 46.2 Å². The van der Waals surface area contributed by atoms with Crippen molar-refractivity contribution in [3.8, 4) is 5.75 Å². The fourth-order valence-corrected chi connectivity index (χ4v) is 3.93. The number of methoxy groups -OCH3 is 1. The molecule has 2 unspecified atom stereocenters. The standard InChI is InChI=1S/C22H26N2O2/c1-26-19-9-5-6-17(14-19)16-23-10-12-24(13-11-23)22(25)21-15-20(21)18-7-3-2-4-8-18/h2-9,14,20-21H,10-13,15-16H2,1H3. The van der Waals surface area contributed by atoms with Gasteiger partial charge in [0, 0.05) is 38.6 Å². The van der Waals surface area contributed by atoms with Crippen LogP contribution in [-0.2, 0) is 11.3 Å². The number of carbonyl (C=O) groups is 1. The monoisotopic (exact) mass is 350 g/mol. The molecule has 26 heavy (non-hydrogen) atoms. The predicted octanol–water partition coefficient (Wildman–Crippen LogP) is 3.14. The number of piperazine rings is 1. The highest BCUT2D eigenvalue weighted by Crippen LogP contribution is 2.48. The summed E-state index contributed by atoms with van der Waals surface area (Å²) in [5.41, 5.74) is 2.57. The third kappa shape index (κ3) is 3.75. The van der Waals surface area contributed by atoms with E-state index in [1.807, 2.05) is 18.2 Å². The number of carbonyl (C=O) groups excluding carboxylic acids is 1. The number of ether oxygens (including phenoxy) is 1. The third-order valence-electron chi connectivity index (χ3n) is 5.56. The number of hydrogen-bond donors (Lipinski definition) is 0. The van der Waals surface area contributed by atoms with Gasteiger partial charge in [-0.25, -0.2) is 0 Å². The highest BCUT2D eigenvalue weighted by Gasteiger charge is 2.45. The molecule has 0 spiro atoms. The van der Waals surface area contributed by atoms with E-state index in [4.69, 9.17) is 4.74 Å². The van der Waals surface area contributed by atoms with Crippen LogP contribution in [0.25, 0.3) is 0 Å². The van der Waals surface area contributed by atoms with E-state index in [1.165, 1.54) is 11.1 Å². The molecule has 2 aromatic carbocycles. The lowest BCUT2D eigenvalue weighted by molar-refractivity contribution is -0.134. The van der Waals surface area contributed by atoms with Crippen LogP contribution in [0.15, 0.2) is 54.6 Å². The van der Waals surface area contributed by atoms with E-state index in [9.17, 15) is 4.79 Å². The summed E-state index contributed by atoms with van der Waals surface area (Å²) in [5, 5.41) is 0. The molecule has 1 saturated carbocycles. The Bertz CT molecular complexity index is 754. The third-order valence-corrected chi connectivity index (χ3v) is 5.56. The van der Waals surface area contributed by atoms with E-state index >= 15 is 0 Å². The Labute approximate surface area is 155 Å². The zero-order chi connectivity index (χ0) is 17.9. The van der Waals surface area contributed by atoms with Crippen LogP contribution in [0.1, 0.15) is 23.5 Å². The van der Waals surface area contributed by atoms with Gasteiger partial charge in [-0.15, -0.1) is 0 Å². The molecule has 2 atom stereocenters. The normalized spacial score (nSPS) is 22.9. The Morgan fingerprint density at radius 3 is 2.54 bits per heavy atom. The van der Waals surface area contributed by atoms with Gasteiger partial charge in [0.05, 0.1) is 7.11 Å². The first kappa shape index (κ1) is 17.1. The van der Waals surface area contributed by atoms with Crippen LogP contribution in [0.3, 0.4) is 0 Å². The molecule has 1 aliphatic carbocycles. The first-order chi connectivity index (χ1) is 12.7. The Kier molecular flexibility index (Phi) is 4.93. The van der Waals surface area contributed by atoms with E-state index in [0.29, 0.717) is 11.8 Å². The summed E-state index contributed by atoms with van der Waals surface area (Å²) in [7, 11) is 1.70. The maximum absolute atomic E-state index is 12.8. The molecular weight excluding hydrogens is 324 g/mol. The fourth-order valence-electron chi connectivity index (χ4n) is 3.93. The van der Waals surface area contributed by atoms with Crippen LogP contribution in [0.4, 0.5) is 0 Å². The van der Waals surface area contributed by atoms with Crippen molar-refractivity contribution < 1.29 is 9.53 Å². The van der Waals surface area contributed by atoms with Crippen molar-refractivity contribution in [3.05, 3.63) is 65.7 Å². The Morgan fingerprint density at radius 2 is 1.81 bits per heavy atom. The van der Waals surface area contributed by atoms with Gasteiger partial charge in [-0.2, -0.15) is 0 Å². The van der Waals surface area contributed by atoms with Crippen molar-refractivity contribution in [3.63, 3.8) is 0 Å². The summed E-state index contributed by atoms with van der Waals surface area (Å²) in [6.07, 6.45) is 1.01. The number of amides is 1. The van der Waals surface area contributed by atoms with Gasteiger partial charge in [0.15, 0.2) is 0 Å². The molecule has 2 fully saturated rings. The zero-order valence-corrected chi connectivity index (χ0v) is 15.3. The summed E-state index contributed by atoms with van der Waals surface area (Å²) < 4.78 is 5.30. The van der Waals surface area contributed by atoms with Crippen molar-refractivity contribution in [2.24, 2.45) is 5.92 Å². The maximum atomic E-state index is 12.8. The molecule has 1 aliphatic heterocycles. The second kappa shape index (κ2) is 7.50. The average molecular weight is 350 g/mol. The molecule has 0 bridgehead atoms. The average Bonchev–Trinajstić information content (AvgIpc) is 3.50. The van der Waals surface area contributed by atoms with Gasteiger partial charge in [-0.05, 0) is 35.6 Å². The summed E-state index contributed by atoms with van der Waals surface area (Å²) in [6, 6.07) is 18.7. The molecule has 4 heteroatoms. The van der Waals surface area contributed by atoms with E-state index in [-0.39, 0.29) is 5.92 Å². The zero-order valence-electron chi connectivity index (χ0n) is 15.3. The SMILES string of the molecule is COc1cccc(CN2CCN(C(=O)C3CC3c3ccccc3)CC2)c1. The summed E-state index contributed by atoms with van der Waals surface area (Å²) in [4.78, 5) is 17.3. The van der Waals surface area contributed by atoms with E-state index < -0.39 is 0 Å². The molecule has 1 saturated heterocycles. The molecule has 1 amide bonds. The van der Waals surface area contributed by atoms with Crippen LogP contribution in [0.5, 0.6) is 5.75 Å². The van der Waals surface area contributed by atoms with E-state index in [0.717, 1.165) is 44.9 Å². The second-order valence-electron chi connectivity index (χ2n) is 7.31. The molecule has 136 valence electrons. The van der Waals surface area contributed by atoms with Gasteiger partial charge in [0.2, 0.25) is 5.91 Å². The molecule has 2 aliphatic rings. The first-order valence-electron chi connectivity index (χ1n) is 9.43. The number of hydrogen-bond acceptors (Lipinski definition) is 3. The van der Waals surface area contributed by atoms with Gasteiger partial charge >= 0.3 is 0 Å². The lowest BCUT2D eigenvalue weighted by Crippen LogP contribution is -2.48. The minimum absolute atomic E-state index is 0.197. The lowest BCUT2D eigenvalue weighted by atomic mass is 10.1. The molecule has 0 radical (unpaired) electrons. The largest absolute Gasteiger partial charge is 0.497 e. The van der Waals surface area contributed by atoms with Gasteiger partial charge in [0.1, 0.15) is 5.75 Å². The minimum atomic E-state index is 0.197. The van der Waals surface area contributed by atoms with Gasteiger partial charge in [-0.3, -0.25) is 9.69 Å². The quantitative estimate of drug-likeness (QED) is 0.830. The molecule has 0 N–H and O–H groups in total. The number of benzene rings is 2. The molecule has 4 rings (SSSR count). The van der Waals surface area contributed by atoms with Crippen LogP contribution in [-0.4, -0.2) is 49.0 Å². The lowest BCUT2D eigenvalue weighted by Gasteiger charge is -2.35. The predicted molar refractivity (Wildman–Crippen MR) is 102 cm³/mol. The van der Waals surface area contributed by atoms with Gasteiger partial charge < -0.3 is 9.64 Å². The molecule has 1 heterocycles. The van der Waals surface area contributed by atoms with Crippen LogP contribution in [0, 0.1) is 5.92 Å². The Hall–Kier alpha value is -2.33. The molecule has 0 aromatic heterocycles. The van der Waals surface area contributed by atoms with Crippen molar-refractivity contribution in [2.45, 2.75) is 18.9 Å². The van der Waals surface area contributed by atoms with Crippen molar-refractivity contribution >= 4 is 5.91 Å². The Balaban J connectivity index is 1.28. The summed E-state index contributed by atoms with van der Waals surface area (Å²) >= 11 is 0. The Morgan fingerprint density at radius 1 is 1.04 bits per heavy atom. The summed E-state index contributed by atoms with van der Waals surface area (Å²) in [5.74, 6) is 1.87. The van der Waals surface area contributed by atoms with Crippen LogP contribution in [0.2, 0.25) is 0 Å². The molecule has 2 aromatic rings. The fraction of sp³-hybridized carbons (Fsp3) is 0.409. The van der Waals surface area contributed by atoms with Gasteiger partial charge in [-0.1, -0.05) is 42.5 Å². The minimum Gasteiger partial charge on any atom is -0.497 e. The maximum Gasteiger partial charge on any atom is 0.226 e. The van der Waals surface area contributed by atoms with E-state index in [1.54, 1.807) is 7.11 Å². The summed E-state index contributed by atoms with van der Waals surface area (Å²) in [6.45, 7) is 4.45. The van der Waals surface area contributed by atoms with Crippen LogP contribution < -0.4 is 4.74 Å².